The van der Waals surface area contributed by atoms with Gasteiger partial charge in [-0.3, -0.25) is 0 Å². The first kappa shape index (κ1) is 31.2. The number of aromatic nitrogens is 1. The van der Waals surface area contributed by atoms with Gasteiger partial charge in [0.05, 0.1) is 16.7 Å². The first-order valence-electron chi connectivity index (χ1n) is 18.8. The number of para-hydroxylation sites is 4. The average molecular weight is 703 g/mol. The van der Waals surface area contributed by atoms with E-state index in [0.29, 0.717) is 0 Å². The molecular formula is C52H34N2O. The molecule has 0 aliphatic heterocycles. The van der Waals surface area contributed by atoms with Crippen molar-refractivity contribution in [1.29, 1.82) is 0 Å². The molecule has 0 amide bonds. The molecule has 0 radical (unpaired) electrons. The van der Waals surface area contributed by atoms with Crippen molar-refractivity contribution in [3.8, 4) is 27.9 Å². The molecule has 0 aliphatic carbocycles. The lowest BCUT2D eigenvalue weighted by Gasteiger charge is -2.28. The minimum Gasteiger partial charge on any atom is -0.456 e. The molecular weight excluding hydrogens is 669 g/mol. The molecule has 9 aromatic carbocycles. The maximum absolute atomic E-state index is 6.38. The van der Waals surface area contributed by atoms with E-state index in [4.69, 9.17) is 4.42 Å². The van der Waals surface area contributed by atoms with Crippen LogP contribution in [0.25, 0.3) is 82.5 Å². The molecule has 3 nitrogen and oxygen atoms in total. The van der Waals surface area contributed by atoms with E-state index in [1.165, 1.54) is 43.7 Å². The topological polar surface area (TPSA) is 21.3 Å². The summed E-state index contributed by atoms with van der Waals surface area (Å²) in [6.07, 6.45) is 0. The second-order valence-corrected chi connectivity index (χ2v) is 14.1. The van der Waals surface area contributed by atoms with Crippen LogP contribution in [0, 0.1) is 0 Å². The molecule has 55 heavy (non-hydrogen) atoms. The Hall–Kier alpha value is -7.36. The number of furan rings is 1. The monoisotopic (exact) mass is 702 g/mol. The zero-order valence-electron chi connectivity index (χ0n) is 29.9. The lowest BCUT2D eigenvalue weighted by atomic mass is 9.96. The minimum atomic E-state index is 0.884. The van der Waals surface area contributed by atoms with E-state index in [1.54, 1.807) is 0 Å². The molecule has 0 aliphatic rings. The van der Waals surface area contributed by atoms with Crippen molar-refractivity contribution in [2.75, 3.05) is 4.90 Å². The first-order chi connectivity index (χ1) is 27.3. The average Bonchev–Trinajstić information content (AvgIpc) is 3.80. The largest absolute Gasteiger partial charge is 0.456 e. The molecule has 2 heterocycles. The standard InChI is InChI=1S/C52H34N2O/c1-2-16-37(17-3-1)54-48-25-10-7-20-43(48)46-34-39(32-33-49(46)54)53(38-30-28-36(29-31-38)41-22-12-15-35-14-4-5-18-40(35)41)47-24-9-6-19-42(47)44-23-13-27-51-52(44)45-21-8-11-26-50(45)55-51/h1-34H. The Balaban J connectivity index is 1.15. The minimum absolute atomic E-state index is 0.884. The third kappa shape index (κ3) is 5.05. The molecule has 2 aromatic heterocycles. The van der Waals surface area contributed by atoms with Gasteiger partial charge >= 0.3 is 0 Å². The zero-order chi connectivity index (χ0) is 36.3. The van der Waals surface area contributed by atoms with Crippen LogP contribution in [0.4, 0.5) is 17.1 Å². The molecule has 0 saturated carbocycles. The second kappa shape index (κ2) is 12.6. The van der Waals surface area contributed by atoms with Crippen LogP contribution in [-0.4, -0.2) is 4.57 Å². The highest BCUT2D eigenvalue weighted by Gasteiger charge is 2.22. The molecule has 0 fully saturated rings. The van der Waals surface area contributed by atoms with Gasteiger partial charge in [-0.1, -0.05) is 140 Å². The van der Waals surface area contributed by atoms with Crippen LogP contribution in [0.2, 0.25) is 0 Å². The Morgan fingerprint density at radius 2 is 1.00 bits per heavy atom. The highest BCUT2D eigenvalue weighted by Crippen LogP contribution is 2.46. The number of anilines is 3. The molecule has 0 N–H and O–H groups in total. The molecule has 0 atom stereocenters. The smallest absolute Gasteiger partial charge is 0.136 e. The predicted molar refractivity (Wildman–Crippen MR) is 231 cm³/mol. The van der Waals surface area contributed by atoms with Gasteiger partial charge in [-0.25, -0.2) is 0 Å². The molecule has 0 unspecified atom stereocenters. The van der Waals surface area contributed by atoms with Gasteiger partial charge in [0, 0.05) is 44.2 Å². The fourth-order valence-corrected chi connectivity index (χ4v) is 8.55. The summed E-state index contributed by atoms with van der Waals surface area (Å²) in [5.74, 6) is 0. The van der Waals surface area contributed by atoms with Crippen molar-refractivity contribution in [1.82, 2.24) is 4.57 Å². The summed E-state index contributed by atoms with van der Waals surface area (Å²) in [5.41, 5.74) is 13.2. The van der Waals surface area contributed by atoms with E-state index in [1.807, 2.05) is 6.07 Å². The van der Waals surface area contributed by atoms with Gasteiger partial charge in [-0.15, -0.1) is 0 Å². The van der Waals surface area contributed by atoms with Crippen molar-refractivity contribution in [2.24, 2.45) is 0 Å². The molecule has 11 aromatic rings. The Morgan fingerprint density at radius 1 is 0.382 bits per heavy atom. The predicted octanol–water partition coefficient (Wildman–Crippen LogP) is 14.6. The fraction of sp³-hybridized carbons (Fsp3) is 0. The normalized spacial score (nSPS) is 11.6. The first-order valence-corrected chi connectivity index (χ1v) is 18.8. The number of benzene rings is 9. The fourth-order valence-electron chi connectivity index (χ4n) is 8.55. The van der Waals surface area contributed by atoms with Crippen LogP contribution in [0.5, 0.6) is 0 Å². The van der Waals surface area contributed by atoms with E-state index in [0.717, 1.165) is 55.8 Å². The Bertz CT molecular complexity index is 3200. The van der Waals surface area contributed by atoms with Crippen molar-refractivity contribution in [3.63, 3.8) is 0 Å². The van der Waals surface area contributed by atoms with E-state index in [2.05, 4.69) is 210 Å². The van der Waals surface area contributed by atoms with Crippen LogP contribution in [-0.2, 0) is 0 Å². The van der Waals surface area contributed by atoms with Crippen LogP contribution in [0.15, 0.2) is 211 Å². The summed E-state index contributed by atoms with van der Waals surface area (Å²) in [7, 11) is 0. The Morgan fingerprint density at radius 3 is 1.89 bits per heavy atom. The van der Waals surface area contributed by atoms with Crippen molar-refractivity contribution in [3.05, 3.63) is 206 Å². The number of hydrogen-bond acceptors (Lipinski definition) is 2. The van der Waals surface area contributed by atoms with Crippen molar-refractivity contribution in [2.45, 2.75) is 0 Å². The number of fused-ring (bicyclic) bond motifs is 7. The number of hydrogen-bond donors (Lipinski definition) is 0. The summed E-state index contributed by atoms with van der Waals surface area (Å²) < 4.78 is 8.75. The number of nitrogens with zero attached hydrogens (tertiary/aromatic N) is 2. The molecule has 11 rings (SSSR count). The van der Waals surface area contributed by atoms with E-state index >= 15 is 0 Å². The molecule has 258 valence electrons. The van der Waals surface area contributed by atoms with Crippen LogP contribution in [0.3, 0.4) is 0 Å². The maximum Gasteiger partial charge on any atom is 0.136 e. The summed E-state index contributed by atoms with van der Waals surface area (Å²) in [6.45, 7) is 0. The van der Waals surface area contributed by atoms with Crippen molar-refractivity contribution >= 4 is 71.6 Å². The molecule has 0 spiro atoms. The highest BCUT2D eigenvalue weighted by molar-refractivity contribution is 6.14. The lowest BCUT2D eigenvalue weighted by Crippen LogP contribution is -2.11. The van der Waals surface area contributed by atoms with Crippen LogP contribution >= 0.6 is 0 Å². The van der Waals surface area contributed by atoms with Gasteiger partial charge in [-0.05, 0) is 94.2 Å². The van der Waals surface area contributed by atoms with E-state index in [-0.39, 0.29) is 0 Å². The van der Waals surface area contributed by atoms with Gasteiger partial charge in [0.25, 0.3) is 0 Å². The number of rotatable bonds is 6. The molecule has 3 heteroatoms. The van der Waals surface area contributed by atoms with Crippen LogP contribution in [0.1, 0.15) is 0 Å². The van der Waals surface area contributed by atoms with Gasteiger partial charge in [0.1, 0.15) is 11.2 Å². The van der Waals surface area contributed by atoms with Gasteiger partial charge in [-0.2, -0.15) is 0 Å². The third-order valence-electron chi connectivity index (χ3n) is 11.0. The molecule has 0 bridgehead atoms. The van der Waals surface area contributed by atoms with Gasteiger partial charge < -0.3 is 13.9 Å². The lowest BCUT2D eigenvalue weighted by molar-refractivity contribution is 0.669. The maximum atomic E-state index is 6.38. The summed E-state index contributed by atoms with van der Waals surface area (Å²) >= 11 is 0. The molecule has 0 saturated heterocycles. The van der Waals surface area contributed by atoms with Gasteiger partial charge in [0.2, 0.25) is 0 Å². The van der Waals surface area contributed by atoms with E-state index in [9.17, 15) is 0 Å². The quantitative estimate of drug-likeness (QED) is 0.172. The SMILES string of the molecule is c1ccc(-n2c3ccccc3c3cc(N(c4ccc(-c5cccc6ccccc56)cc4)c4ccccc4-c4cccc5oc6ccccc6c45)ccc32)cc1. The zero-order valence-corrected chi connectivity index (χ0v) is 29.9. The second-order valence-electron chi connectivity index (χ2n) is 14.1. The Labute approximate surface area is 318 Å². The third-order valence-corrected chi connectivity index (χ3v) is 11.0. The highest BCUT2D eigenvalue weighted by atomic mass is 16.3. The summed E-state index contributed by atoms with van der Waals surface area (Å²) in [4.78, 5) is 2.41. The Kier molecular flexibility index (Phi) is 7.17. The van der Waals surface area contributed by atoms with Gasteiger partial charge in [0.15, 0.2) is 0 Å². The van der Waals surface area contributed by atoms with Crippen molar-refractivity contribution < 1.29 is 4.42 Å². The van der Waals surface area contributed by atoms with E-state index < -0.39 is 0 Å². The summed E-state index contributed by atoms with van der Waals surface area (Å²) in [5, 5.41) is 7.15. The summed E-state index contributed by atoms with van der Waals surface area (Å²) in [6, 6.07) is 74.0. The van der Waals surface area contributed by atoms with Crippen LogP contribution < -0.4 is 4.90 Å².